The average molecular weight is 195 g/mol. The van der Waals surface area contributed by atoms with Crippen molar-refractivity contribution >= 4 is 5.82 Å². The quantitative estimate of drug-likeness (QED) is 0.736. The molecule has 0 aromatic carbocycles. The first-order chi connectivity index (χ1) is 6.63. The lowest BCUT2D eigenvalue weighted by atomic mass is 10.0. The third kappa shape index (κ3) is 2.97. The second-order valence-electron chi connectivity index (χ2n) is 3.40. The Labute approximate surface area is 84.3 Å². The van der Waals surface area contributed by atoms with E-state index in [4.69, 9.17) is 16.2 Å². The van der Waals surface area contributed by atoms with E-state index in [1.807, 2.05) is 19.1 Å². The molecule has 0 fully saturated rings. The number of anilines is 1. The van der Waals surface area contributed by atoms with Crippen molar-refractivity contribution in [2.45, 2.75) is 25.5 Å². The molecule has 1 rings (SSSR count). The minimum Gasteiger partial charge on any atom is -0.384 e. The summed E-state index contributed by atoms with van der Waals surface area (Å²) in [4.78, 5) is 3.92. The maximum absolute atomic E-state index is 5.92. The number of ether oxygens (including phenoxy) is 1. The molecule has 0 aliphatic carbocycles. The summed E-state index contributed by atoms with van der Waals surface area (Å²) in [6.07, 6.45) is 2.49. The zero-order valence-corrected chi connectivity index (χ0v) is 8.60. The summed E-state index contributed by atoms with van der Waals surface area (Å²) in [6, 6.07) is 3.74. The van der Waals surface area contributed by atoms with Crippen LogP contribution in [0.5, 0.6) is 0 Å². The lowest BCUT2D eigenvalue weighted by Crippen LogP contribution is -2.35. The van der Waals surface area contributed by atoms with Crippen LogP contribution in [0.25, 0.3) is 0 Å². The molecule has 4 heteroatoms. The Kier molecular flexibility index (Phi) is 3.85. The van der Waals surface area contributed by atoms with Crippen LogP contribution in [-0.2, 0) is 11.2 Å². The summed E-state index contributed by atoms with van der Waals surface area (Å²) in [7, 11) is 1.66. The zero-order valence-electron chi connectivity index (χ0n) is 8.60. The van der Waals surface area contributed by atoms with Gasteiger partial charge in [0.05, 0.1) is 6.10 Å². The largest absolute Gasteiger partial charge is 0.384 e. The second-order valence-corrected chi connectivity index (χ2v) is 3.40. The highest BCUT2D eigenvalue weighted by Gasteiger charge is 2.12. The van der Waals surface area contributed by atoms with Crippen molar-refractivity contribution in [2.24, 2.45) is 5.73 Å². The first-order valence-corrected chi connectivity index (χ1v) is 4.62. The van der Waals surface area contributed by atoms with Gasteiger partial charge in [0.2, 0.25) is 0 Å². The highest BCUT2D eigenvalue weighted by molar-refractivity contribution is 5.32. The molecule has 0 aliphatic heterocycles. The van der Waals surface area contributed by atoms with Gasteiger partial charge in [0, 0.05) is 19.3 Å². The fourth-order valence-corrected chi connectivity index (χ4v) is 1.23. The van der Waals surface area contributed by atoms with Crippen LogP contribution in [0.4, 0.5) is 5.82 Å². The standard InChI is InChI=1S/C10H17N3O/c1-7(14-2)9(11)5-8-3-4-13-10(12)6-8/h3-4,6-7,9H,5,11H2,1-2H3,(H2,12,13). The predicted octanol–water partition coefficient (Wildman–Crippen LogP) is 0.569. The van der Waals surface area contributed by atoms with Crippen LogP contribution >= 0.6 is 0 Å². The summed E-state index contributed by atoms with van der Waals surface area (Å²) in [5.74, 6) is 0.528. The van der Waals surface area contributed by atoms with Gasteiger partial charge in [-0.3, -0.25) is 0 Å². The molecule has 0 saturated carbocycles. The lowest BCUT2D eigenvalue weighted by molar-refractivity contribution is 0.0956. The third-order valence-corrected chi connectivity index (χ3v) is 2.29. The van der Waals surface area contributed by atoms with Crippen LogP contribution in [-0.4, -0.2) is 24.2 Å². The second kappa shape index (κ2) is 4.93. The SMILES string of the molecule is COC(C)C(N)Cc1ccnc(N)c1. The van der Waals surface area contributed by atoms with E-state index >= 15 is 0 Å². The first kappa shape index (κ1) is 10.9. The molecule has 0 saturated heterocycles. The molecule has 78 valence electrons. The minimum absolute atomic E-state index is 0.0122. The van der Waals surface area contributed by atoms with E-state index in [-0.39, 0.29) is 12.1 Å². The van der Waals surface area contributed by atoms with Crippen LogP contribution in [0.15, 0.2) is 18.3 Å². The van der Waals surface area contributed by atoms with Gasteiger partial charge in [-0.1, -0.05) is 0 Å². The summed E-state index contributed by atoms with van der Waals surface area (Å²) in [6.45, 7) is 1.95. The molecule has 1 heterocycles. The number of hydrogen-bond acceptors (Lipinski definition) is 4. The highest BCUT2D eigenvalue weighted by Crippen LogP contribution is 2.08. The topological polar surface area (TPSA) is 74.2 Å². The summed E-state index contributed by atoms with van der Waals surface area (Å²) >= 11 is 0. The number of hydrogen-bond donors (Lipinski definition) is 2. The molecule has 0 amide bonds. The molecular weight excluding hydrogens is 178 g/mol. The van der Waals surface area contributed by atoms with Crippen molar-refractivity contribution in [1.82, 2.24) is 4.98 Å². The van der Waals surface area contributed by atoms with E-state index < -0.39 is 0 Å². The van der Waals surface area contributed by atoms with Crippen molar-refractivity contribution in [3.8, 4) is 0 Å². The number of pyridine rings is 1. The van der Waals surface area contributed by atoms with E-state index in [0.29, 0.717) is 5.82 Å². The molecular formula is C10H17N3O. The third-order valence-electron chi connectivity index (χ3n) is 2.29. The van der Waals surface area contributed by atoms with Gasteiger partial charge in [-0.25, -0.2) is 4.98 Å². The van der Waals surface area contributed by atoms with E-state index in [1.54, 1.807) is 13.3 Å². The van der Waals surface area contributed by atoms with Gasteiger partial charge in [-0.2, -0.15) is 0 Å². The minimum atomic E-state index is -0.0122. The monoisotopic (exact) mass is 195 g/mol. The molecule has 0 radical (unpaired) electrons. The Morgan fingerprint density at radius 2 is 2.29 bits per heavy atom. The fraction of sp³-hybridized carbons (Fsp3) is 0.500. The molecule has 0 bridgehead atoms. The van der Waals surface area contributed by atoms with E-state index in [0.717, 1.165) is 12.0 Å². The van der Waals surface area contributed by atoms with Gasteiger partial charge in [-0.05, 0) is 31.0 Å². The van der Waals surface area contributed by atoms with Gasteiger partial charge in [-0.15, -0.1) is 0 Å². The number of nitrogens with two attached hydrogens (primary N) is 2. The normalized spacial score (nSPS) is 15.1. The Hall–Kier alpha value is -1.13. The van der Waals surface area contributed by atoms with Crippen molar-refractivity contribution in [1.29, 1.82) is 0 Å². The molecule has 0 spiro atoms. The van der Waals surface area contributed by atoms with Crippen molar-refractivity contribution < 1.29 is 4.74 Å². The van der Waals surface area contributed by atoms with Gasteiger partial charge >= 0.3 is 0 Å². The molecule has 1 aromatic rings. The van der Waals surface area contributed by atoms with E-state index in [2.05, 4.69) is 4.98 Å². The molecule has 0 aliphatic rings. The molecule has 14 heavy (non-hydrogen) atoms. The highest BCUT2D eigenvalue weighted by atomic mass is 16.5. The van der Waals surface area contributed by atoms with Gasteiger partial charge in [0.1, 0.15) is 5.82 Å². The van der Waals surface area contributed by atoms with Crippen LogP contribution in [0.3, 0.4) is 0 Å². The Bertz CT molecular complexity index is 290. The van der Waals surface area contributed by atoms with Gasteiger partial charge in [0.15, 0.2) is 0 Å². The smallest absolute Gasteiger partial charge is 0.123 e. The molecule has 4 N–H and O–H groups in total. The zero-order chi connectivity index (χ0) is 10.6. The first-order valence-electron chi connectivity index (χ1n) is 4.62. The molecule has 2 unspecified atom stereocenters. The van der Waals surface area contributed by atoms with Crippen molar-refractivity contribution in [3.05, 3.63) is 23.9 Å². The summed E-state index contributed by atoms with van der Waals surface area (Å²) in [5, 5.41) is 0. The van der Waals surface area contributed by atoms with Crippen molar-refractivity contribution in [3.63, 3.8) is 0 Å². The Balaban J connectivity index is 2.60. The molecule has 2 atom stereocenters. The summed E-state index contributed by atoms with van der Waals surface area (Å²) in [5.41, 5.74) is 12.6. The average Bonchev–Trinajstić information content (AvgIpc) is 2.16. The maximum Gasteiger partial charge on any atom is 0.123 e. The van der Waals surface area contributed by atoms with Gasteiger partial charge < -0.3 is 16.2 Å². The molecule has 1 aromatic heterocycles. The number of nitrogen functional groups attached to an aromatic ring is 1. The van der Waals surface area contributed by atoms with Crippen LogP contribution in [0.1, 0.15) is 12.5 Å². The fourth-order valence-electron chi connectivity index (χ4n) is 1.23. The van der Waals surface area contributed by atoms with E-state index in [1.165, 1.54) is 0 Å². The maximum atomic E-state index is 5.92. The Morgan fingerprint density at radius 3 is 2.86 bits per heavy atom. The number of methoxy groups -OCH3 is 1. The Morgan fingerprint density at radius 1 is 1.57 bits per heavy atom. The van der Waals surface area contributed by atoms with Crippen LogP contribution in [0.2, 0.25) is 0 Å². The lowest BCUT2D eigenvalue weighted by Gasteiger charge is -2.18. The van der Waals surface area contributed by atoms with Gasteiger partial charge in [0.25, 0.3) is 0 Å². The predicted molar refractivity (Wildman–Crippen MR) is 56.8 cm³/mol. The van der Waals surface area contributed by atoms with E-state index in [9.17, 15) is 0 Å². The summed E-state index contributed by atoms with van der Waals surface area (Å²) < 4.78 is 5.14. The number of nitrogens with zero attached hydrogens (tertiary/aromatic N) is 1. The van der Waals surface area contributed by atoms with Crippen LogP contribution < -0.4 is 11.5 Å². The van der Waals surface area contributed by atoms with Crippen molar-refractivity contribution in [2.75, 3.05) is 12.8 Å². The van der Waals surface area contributed by atoms with Crippen LogP contribution in [0, 0.1) is 0 Å². The molecule has 4 nitrogen and oxygen atoms in total. The number of aromatic nitrogens is 1. The number of rotatable bonds is 4.